The first-order valence-electron chi connectivity index (χ1n) is 3.98. The Hall–Kier alpha value is -0.990. The minimum atomic E-state index is 0.310. The van der Waals surface area contributed by atoms with Gasteiger partial charge in [0.05, 0.1) is 12.4 Å². The van der Waals surface area contributed by atoms with Crippen LogP contribution in [-0.4, -0.2) is 18.9 Å². The molecule has 1 unspecified atom stereocenters. The molecule has 0 aliphatic carbocycles. The topological polar surface area (TPSA) is 36.4 Å². The highest BCUT2D eigenvalue weighted by atomic mass is 15.1. The Balaban J connectivity index is 2.67. The van der Waals surface area contributed by atoms with Crippen molar-refractivity contribution >= 4 is 6.34 Å². The standard InChI is InChI=1S/C8H15N3/c1-4-9-8-6(2)7(3)10-5-11-8/h5,7,9H,4H2,1-3H3,(H,10,11). The van der Waals surface area contributed by atoms with Crippen molar-refractivity contribution in [3.8, 4) is 0 Å². The largest absolute Gasteiger partial charge is 0.372 e. The molecule has 1 atom stereocenters. The lowest BCUT2D eigenvalue weighted by molar-refractivity contribution is 0.721. The summed E-state index contributed by atoms with van der Waals surface area (Å²) in [6, 6.07) is 0.310. The molecule has 3 heteroatoms. The van der Waals surface area contributed by atoms with Gasteiger partial charge in [-0.1, -0.05) is 0 Å². The second-order valence-corrected chi connectivity index (χ2v) is 2.69. The van der Waals surface area contributed by atoms with Gasteiger partial charge in [-0.2, -0.15) is 0 Å². The summed E-state index contributed by atoms with van der Waals surface area (Å²) in [5.74, 6) is 1.11. The maximum atomic E-state index is 4.21. The van der Waals surface area contributed by atoms with Gasteiger partial charge >= 0.3 is 0 Å². The van der Waals surface area contributed by atoms with Gasteiger partial charge in [0.15, 0.2) is 0 Å². The van der Waals surface area contributed by atoms with Crippen LogP contribution in [0.25, 0.3) is 0 Å². The third-order valence-corrected chi connectivity index (χ3v) is 1.88. The summed E-state index contributed by atoms with van der Waals surface area (Å²) >= 11 is 0. The number of hydrogen-bond acceptors (Lipinski definition) is 3. The Morgan fingerprint density at radius 2 is 2.45 bits per heavy atom. The van der Waals surface area contributed by atoms with Gasteiger partial charge in [-0.3, -0.25) is 4.99 Å². The first-order chi connectivity index (χ1) is 5.25. The Morgan fingerprint density at radius 1 is 1.73 bits per heavy atom. The molecule has 1 rings (SSSR count). The van der Waals surface area contributed by atoms with Crippen molar-refractivity contribution in [2.24, 2.45) is 4.99 Å². The van der Waals surface area contributed by atoms with Gasteiger partial charge in [0, 0.05) is 6.54 Å². The third kappa shape index (κ3) is 1.73. The highest BCUT2D eigenvalue weighted by molar-refractivity contribution is 5.60. The molecule has 62 valence electrons. The van der Waals surface area contributed by atoms with Crippen LogP contribution in [0.4, 0.5) is 0 Å². The van der Waals surface area contributed by atoms with Crippen LogP contribution in [0, 0.1) is 0 Å². The number of nitrogens with one attached hydrogen (secondary N) is 2. The van der Waals surface area contributed by atoms with Crippen molar-refractivity contribution in [1.82, 2.24) is 10.6 Å². The van der Waals surface area contributed by atoms with Crippen LogP contribution in [-0.2, 0) is 0 Å². The monoisotopic (exact) mass is 153 g/mol. The molecule has 1 aliphatic heterocycles. The lowest BCUT2D eigenvalue weighted by Gasteiger charge is -2.19. The number of nitrogens with zero attached hydrogens (tertiary/aromatic N) is 1. The summed E-state index contributed by atoms with van der Waals surface area (Å²) in [5, 5.41) is 6.32. The molecule has 0 amide bonds. The molecule has 1 aliphatic rings. The zero-order valence-corrected chi connectivity index (χ0v) is 7.31. The first-order valence-corrected chi connectivity index (χ1v) is 3.98. The van der Waals surface area contributed by atoms with Gasteiger partial charge in [-0.15, -0.1) is 0 Å². The lowest BCUT2D eigenvalue weighted by atomic mass is 10.1. The van der Waals surface area contributed by atoms with Gasteiger partial charge in [0.1, 0.15) is 5.82 Å². The van der Waals surface area contributed by atoms with Crippen LogP contribution in [0.5, 0.6) is 0 Å². The molecule has 0 aromatic heterocycles. The SMILES string of the molecule is CCNC1=C(C)C(C)N=CN1. The van der Waals surface area contributed by atoms with Crippen LogP contribution < -0.4 is 10.6 Å². The van der Waals surface area contributed by atoms with Crippen molar-refractivity contribution in [3.05, 3.63) is 11.4 Å². The summed E-state index contributed by atoms with van der Waals surface area (Å²) in [5.41, 5.74) is 1.27. The van der Waals surface area contributed by atoms with E-state index in [0.717, 1.165) is 12.4 Å². The Kier molecular flexibility index (Phi) is 2.52. The predicted octanol–water partition coefficient (Wildman–Crippen LogP) is 0.847. The van der Waals surface area contributed by atoms with Crippen LogP contribution in [0.3, 0.4) is 0 Å². The maximum absolute atomic E-state index is 4.21. The smallest absolute Gasteiger partial charge is 0.105 e. The van der Waals surface area contributed by atoms with E-state index in [-0.39, 0.29) is 0 Å². The van der Waals surface area contributed by atoms with E-state index in [1.165, 1.54) is 5.57 Å². The zero-order valence-electron chi connectivity index (χ0n) is 7.31. The highest BCUT2D eigenvalue weighted by Gasteiger charge is 2.10. The average molecular weight is 153 g/mol. The summed E-state index contributed by atoms with van der Waals surface area (Å²) in [4.78, 5) is 4.21. The fourth-order valence-electron chi connectivity index (χ4n) is 1.02. The van der Waals surface area contributed by atoms with Crippen LogP contribution in [0.15, 0.2) is 16.4 Å². The van der Waals surface area contributed by atoms with E-state index in [1.807, 2.05) is 0 Å². The molecule has 0 aromatic carbocycles. The summed E-state index contributed by atoms with van der Waals surface area (Å²) in [6.45, 7) is 7.20. The molecule has 0 spiro atoms. The molecular weight excluding hydrogens is 138 g/mol. The molecule has 1 heterocycles. The molecule has 0 radical (unpaired) electrons. The van der Waals surface area contributed by atoms with Crippen molar-refractivity contribution in [2.75, 3.05) is 6.54 Å². The Bertz CT molecular complexity index is 194. The molecule has 2 N–H and O–H groups in total. The minimum Gasteiger partial charge on any atom is -0.372 e. The van der Waals surface area contributed by atoms with Crippen LogP contribution in [0.2, 0.25) is 0 Å². The molecule has 0 aromatic rings. The van der Waals surface area contributed by atoms with E-state index in [2.05, 4.69) is 36.4 Å². The van der Waals surface area contributed by atoms with E-state index < -0.39 is 0 Å². The zero-order chi connectivity index (χ0) is 8.27. The molecule has 0 saturated carbocycles. The second kappa shape index (κ2) is 3.42. The Labute approximate surface area is 67.6 Å². The van der Waals surface area contributed by atoms with Crippen molar-refractivity contribution in [1.29, 1.82) is 0 Å². The molecule has 11 heavy (non-hydrogen) atoms. The number of aliphatic imine (C=N–C) groups is 1. The summed E-state index contributed by atoms with van der Waals surface area (Å²) in [7, 11) is 0. The fraction of sp³-hybridized carbons (Fsp3) is 0.625. The van der Waals surface area contributed by atoms with E-state index in [9.17, 15) is 0 Å². The van der Waals surface area contributed by atoms with Gasteiger partial charge in [0.2, 0.25) is 0 Å². The molecule has 3 nitrogen and oxygen atoms in total. The van der Waals surface area contributed by atoms with Gasteiger partial charge < -0.3 is 10.6 Å². The van der Waals surface area contributed by atoms with Gasteiger partial charge in [-0.05, 0) is 26.3 Å². The minimum absolute atomic E-state index is 0.310. The summed E-state index contributed by atoms with van der Waals surface area (Å²) < 4.78 is 0. The number of hydrogen-bond donors (Lipinski definition) is 2. The van der Waals surface area contributed by atoms with E-state index in [4.69, 9.17) is 0 Å². The van der Waals surface area contributed by atoms with E-state index >= 15 is 0 Å². The molecular formula is C8H15N3. The quantitative estimate of drug-likeness (QED) is 0.617. The van der Waals surface area contributed by atoms with E-state index in [0.29, 0.717) is 6.04 Å². The van der Waals surface area contributed by atoms with Crippen molar-refractivity contribution in [2.45, 2.75) is 26.8 Å². The third-order valence-electron chi connectivity index (χ3n) is 1.88. The predicted molar refractivity (Wildman–Crippen MR) is 47.5 cm³/mol. The fourth-order valence-corrected chi connectivity index (χ4v) is 1.02. The average Bonchev–Trinajstić information content (AvgIpc) is 1.99. The maximum Gasteiger partial charge on any atom is 0.105 e. The lowest BCUT2D eigenvalue weighted by Crippen LogP contribution is -2.32. The Morgan fingerprint density at radius 3 is 3.09 bits per heavy atom. The van der Waals surface area contributed by atoms with Crippen molar-refractivity contribution in [3.63, 3.8) is 0 Å². The summed E-state index contributed by atoms with van der Waals surface area (Å²) in [6.07, 6.45) is 1.75. The first kappa shape index (κ1) is 8.11. The van der Waals surface area contributed by atoms with E-state index in [1.54, 1.807) is 6.34 Å². The van der Waals surface area contributed by atoms with Gasteiger partial charge in [-0.25, -0.2) is 0 Å². The second-order valence-electron chi connectivity index (χ2n) is 2.69. The van der Waals surface area contributed by atoms with Crippen LogP contribution in [0.1, 0.15) is 20.8 Å². The van der Waals surface area contributed by atoms with Crippen molar-refractivity contribution < 1.29 is 0 Å². The molecule has 0 fully saturated rings. The van der Waals surface area contributed by atoms with Gasteiger partial charge in [0.25, 0.3) is 0 Å². The highest BCUT2D eigenvalue weighted by Crippen LogP contribution is 2.09. The van der Waals surface area contributed by atoms with Crippen LogP contribution >= 0.6 is 0 Å². The molecule has 0 saturated heterocycles. The number of rotatable bonds is 2. The normalized spacial score (nSPS) is 23.4. The molecule has 0 bridgehead atoms.